The number of aliphatic carboxylic acids is 1. The lowest BCUT2D eigenvalue weighted by Gasteiger charge is -1.93. The van der Waals surface area contributed by atoms with Crippen LogP contribution in [0, 0.1) is 0 Å². The molecule has 0 aromatic rings. The highest BCUT2D eigenvalue weighted by molar-refractivity contribution is 6.20. The molecule has 0 fully saturated rings. The highest BCUT2D eigenvalue weighted by atomic mass is 16.4. The van der Waals surface area contributed by atoms with Gasteiger partial charge in [-0.1, -0.05) is 0 Å². The molecule has 4 nitrogen and oxygen atoms in total. The van der Waals surface area contributed by atoms with E-state index in [9.17, 15) is 14.4 Å². The molecule has 0 aromatic heterocycles. The van der Waals surface area contributed by atoms with Gasteiger partial charge >= 0.3 is 5.97 Å². The van der Waals surface area contributed by atoms with Crippen molar-refractivity contribution in [3.8, 4) is 0 Å². The number of carbonyl (C=O) groups is 3. The molecule has 1 N–H and O–H groups in total. The van der Waals surface area contributed by atoms with Crippen molar-refractivity contribution >= 4 is 17.5 Å². The first-order valence-electron chi connectivity index (χ1n) is 2.91. The molecule has 0 aromatic carbocycles. The minimum absolute atomic E-state index is 0.280. The molecule has 0 aliphatic carbocycles. The number of hydrogen-bond acceptors (Lipinski definition) is 3. The Morgan fingerprint density at radius 1 is 1.09 bits per heavy atom. The largest absolute Gasteiger partial charge is 0.478 e. The minimum Gasteiger partial charge on any atom is -0.478 e. The summed E-state index contributed by atoms with van der Waals surface area (Å²) in [5, 5.41) is 8.20. The van der Waals surface area contributed by atoms with Crippen LogP contribution < -0.4 is 0 Å². The van der Waals surface area contributed by atoms with Crippen molar-refractivity contribution in [2.75, 3.05) is 0 Å². The SMILES string of the molecule is CC(=O)C(=CC(=O)O)C(C)=O. The summed E-state index contributed by atoms with van der Waals surface area (Å²) in [4.78, 5) is 31.2. The minimum atomic E-state index is -1.29. The van der Waals surface area contributed by atoms with Gasteiger partial charge in [-0.3, -0.25) is 9.59 Å². The van der Waals surface area contributed by atoms with Crippen LogP contribution in [-0.4, -0.2) is 22.6 Å². The average Bonchev–Trinajstić information content (AvgIpc) is 1.81. The summed E-state index contributed by atoms with van der Waals surface area (Å²) in [6.45, 7) is 2.30. The molecule has 0 saturated carbocycles. The number of hydrogen-bond donors (Lipinski definition) is 1. The molecule has 0 spiro atoms. The van der Waals surface area contributed by atoms with Crippen LogP contribution in [0.4, 0.5) is 0 Å². The molecule has 60 valence electrons. The van der Waals surface area contributed by atoms with Crippen LogP contribution in [0.25, 0.3) is 0 Å². The van der Waals surface area contributed by atoms with Crippen LogP contribution in [0.5, 0.6) is 0 Å². The molecule has 4 heteroatoms. The van der Waals surface area contributed by atoms with Crippen molar-refractivity contribution < 1.29 is 19.5 Å². The second-order valence-corrected chi connectivity index (χ2v) is 2.01. The maximum absolute atomic E-state index is 10.6. The lowest BCUT2D eigenvalue weighted by atomic mass is 10.1. The summed E-state index contributed by atoms with van der Waals surface area (Å²) in [6.07, 6.45) is 0.616. The normalized spacial score (nSPS) is 8.55. The maximum atomic E-state index is 10.6. The second-order valence-electron chi connectivity index (χ2n) is 2.01. The molecule has 0 unspecified atom stereocenters. The van der Waals surface area contributed by atoms with E-state index in [0.29, 0.717) is 6.08 Å². The number of ketones is 2. The van der Waals surface area contributed by atoms with E-state index in [0.717, 1.165) is 13.8 Å². The molecular formula is C7H8O4. The Hall–Kier alpha value is -1.45. The fourth-order valence-corrected chi connectivity index (χ4v) is 0.575. The number of carboxylic acids is 1. The molecule has 0 radical (unpaired) electrons. The van der Waals surface area contributed by atoms with Crippen LogP contribution in [0.15, 0.2) is 11.6 Å². The third-order valence-electron chi connectivity index (χ3n) is 1.03. The molecule has 0 bridgehead atoms. The fourth-order valence-electron chi connectivity index (χ4n) is 0.575. The van der Waals surface area contributed by atoms with Gasteiger partial charge in [0.15, 0.2) is 11.6 Å². The average molecular weight is 156 g/mol. The molecule has 0 aliphatic heterocycles. The van der Waals surface area contributed by atoms with E-state index < -0.39 is 17.5 Å². The van der Waals surface area contributed by atoms with Crippen LogP contribution in [-0.2, 0) is 14.4 Å². The number of carbonyl (C=O) groups excluding carboxylic acids is 2. The fraction of sp³-hybridized carbons (Fsp3) is 0.286. The zero-order valence-corrected chi connectivity index (χ0v) is 6.25. The summed E-state index contributed by atoms with van der Waals surface area (Å²) < 4.78 is 0. The Bertz CT molecular complexity index is 221. The molecule has 0 rings (SSSR count). The van der Waals surface area contributed by atoms with E-state index in [-0.39, 0.29) is 5.57 Å². The summed E-state index contributed by atoms with van der Waals surface area (Å²) in [6, 6.07) is 0. The van der Waals surface area contributed by atoms with Gasteiger partial charge < -0.3 is 5.11 Å². The Morgan fingerprint density at radius 3 is 1.55 bits per heavy atom. The van der Waals surface area contributed by atoms with E-state index in [4.69, 9.17) is 5.11 Å². The molecular weight excluding hydrogens is 148 g/mol. The highest BCUT2D eigenvalue weighted by Crippen LogP contribution is 1.97. The Balaban J connectivity index is 4.75. The quantitative estimate of drug-likeness (QED) is 0.359. The highest BCUT2D eigenvalue weighted by Gasteiger charge is 2.10. The predicted molar refractivity (Wildman–Crippen MR) is 37.1 cm³/mol. The van der Waals surface area contributed by atoms with Gasteiger partial charge in [0.1, 0.15) is 0 Å². The first-order valence-corrected chi connectivity index (χ1v) is 2.91. The Labute approximate surface area is 63.5 Å². The third kappa shape index (κ3) is 3.30. The van der Waals surface area contributed by atoms with Crippen molar-refractivity contribution in [1.29, 1.82) is 0 Å². The zero-order valence-electron chi connectivity index (χ0n) is 6.25. The Kier molecular flexibility index (Phi) is 3.17. The predicted octanol–water partition coefficient (Wildman–Crippen LogP) is 0.175. The molecule has 11 heavy (non-hydrogen) atoms. The summed E-state index contributed by atoms with van der Waals surface area (Å²) in [7, 11) is 0. The number of Topliss-reactive ketones (excluding diaryl/α,β-unsaturated/α-hetero) is 2. The lowest BCUT2D eigenvalue weighted by molar-refractivity contribution is -0.132. The van der Waals surface area contributed by atoms with Crippen LogP contribution in [0.1, 0.15) is 13.8 Å². The number of carboxylic acid groups (broad SMARTS) is 1. The van der Waals surface area contributed by atoms with Gasteiger partial charge in [-0.25, -0.2) is 4.79 Å². The monoisotopic (exact) mass is 156 g/mol. The lowest BCUT2D eigenvalue weighted by Crippen LogP contribution is -2.08. The Morgan fingerprint density at radius 2 is 1.45 bits per heavy atom. The van der Waals surface area contributed by atoms with E-state index in [1.165, 1.54) is 0 Å². The van der Waals surface area contributed by atoms with E-state index >= 15 is 0 Å². The van der Waals surface area contributed by atoms with Gasteiger partial charge in [0.25, 0.3) is 0 Å². The molecule has 0 saturated heterocycles. The van der Waals surface area contributed by atoms with Crippen molar-refractivity contribution in [2.24, 2.45) is 0 Å². The molecule has 0 amide bonds. The summed E-state index contributed by atoms with van der Waals surface area (Å²) in [5.41, 5.74) is -0.280. The summed E-state index contributed by atoms with van der Waals surface area (Å²) >= 11 is 0. The van der Waals surface area contributed by atoms with Crippen LogP contribution >= 0.6 is 0 Å². The van der Waals surface area contributed by atoms with E-state index in [1.54, 1.807) is 0 Å². The van der Waals surface area contributed by atoms with Gasteiger partial charge in [0, 0.05) is 6.08 Å². The standard InChI is InChI=1S/C7H8O4/c1-4(8)6(5(2)9)3-7(10)11/h3H,1-2H3,(H,10,11). The zero-order chi connectivity index (χ0) is 9.02. The second kappa shape index (κ2) is 3.65. The van der Waals surface area contributed by atoms with E-state index in [2.05, 4.69) is 0 Å². The topological polar surface area (TPSA) is 71.4 Å². The van der Waals surface area contributed by atoms with Crippen molar-refractivity contribution in [1.82, 2.24) is 0 Å². The van der Waals surface area contributed by atoms with Gasteiger partial charge in [0.2, 0.25) is 0 Å². The van der Waals surface area contributed by atoms with Crippen LogP contribution in [0.2, 0.25) is 0 Å². The third-order valence-corrected chi connectivity index (χ3v) is 1.03. The number of rotatable bonds is 3. The molecule has 0 atom stereocenters. The van der Waals surface area contributed by atoms with Gasteiger partial charge in [-0.2, -0.15) is 0 Å². The smallest absolute Gasteiger partial charge is 0.329 e. The van der Waals surface area contributed by atoms with Crippen LogP contribution in [0.3, 0.4) is 0 Å². The van der Waals surface area contributed by atoms with Gasteiger partial charge in [-0.15, -0.1) is 0 Å². The maximum Gasteiger partial charge on any atom is 0.329 e. The first-order chi connectivity index (χ1) is 4.95. The molecule has 0 heterocycles. The van der Waals surface area contributed by atoms with Crippen molar-refractivity contribution in [3.05, 3.63) is 11.6 Å². The summed E-state index contributed by atoms with van der Waals surface area (Å²) in [5.74, 6) is -2.34. The van der Waals surface area contributed by atoms with Gasteiger partial charge in [-0.05, 0) is 13.8 Å². The molecule has 0 aliphatic rings. The first kappa shape index (κ1) is 9.55. The number of allylic oxidation sites excluding steroid dienone is 1. The van der Waals surface area contributed by atoms with E-state index in [1.807, 2.05) is 0 Å². The van der Waals surface area contributed by atoms with Crippen molar-refractivity contribution in [2.45, 2.75) is 13.8 Å². The van der Waals surface area contributed by atoms with Gasteiger partial charge in [0.05, 0.1) is 5.57 Å². The van der Waals surface area contributed by atoms with Crippen molar-refractivity contribution in [3.63, 3.8) is 0 Å².